The molecule has 0 N–H and O–H groups in total. The molecule has 1 saturated heterocycles. The molecule has 1 heterocycles. The minimum atomic E-state index is -0.463. The van der Waals surface area contributed by atoms with Gasteiger partial charge in [0.05, 0.1) is 17.8 Å². The third kappa shape index (κ3) is 5.98. The Hall–Kier alpha value is -1.39. The number of esters is 3. The maximum Gasteiger partial charge on any atom is 0.318 e. The molecule has 4 fully saturated rings. The molecule has 1 aliphatic heterocycles. The molecule has 8 unspecified atom stereocenters. The van der Waals surface area contributed by atoms with Crippen molar-refractivity contribution < 1.29 is 23.9 Å². The van der Waals surface area contributed by atoms with Gasteiger partial charge in [0.15, 0.2) is 0 Å². The summed E-state index contributed by atoms with van der Waals surface area (Å²) in [5.41, 5.74) is -0.536. The minimum absolute atomic E-state index is 0.0219. The van der Waals surface area contributed by atoms with E-state index in [1.165, 1.54) is 12.8 Å². The molecular weight excluding hydrogens is 488 g/mol. The van der Waals surface area contributed by atoms with E-state index in [0.717, 1.165) is 51.4 Å². The fourth-order valence-electron chi connectivity index (χ4n) is 10.0. The molecule has 222 valence electrons. The summed E-state index contributed by atoms with van der Waals surface area (Å²) in [6, 6.07) is 0. The molecule has 4 rings (SSSR count). The summed E-state index contributed by atoms with van der Waals surface area (Å²) in [6.07, 6.45) is 10.3. The summed E-state index contributed by atoms with van der Waals surface area (Å²) in [7, 11) is 0. The smallest absolute Gasteiger partial charge is 0.318 e. The van der Waals surface area contributed by atoms with E-state index in [2.05, 4.69) is 41.5 Å². The first kappa shape index (κ1) is 30.6. The highest BCUT2D eigenvalue weighted by atomic mass is 16.6. The van der Waals surface area contributed by atoms with Crippen molar-refractivity contribution in [2.45, 2.75) is 132 Å². The summed E-state index contributed by atoms with van der Waals surface area (Å²) in [5.74, 6) is 1.90. The predicted octanol–water partition coefficient (Wildman–Crippen LogP) is 7.99. The van der Waals surface area contributed by atoms with Crippen LogP contribution in [0.2, 0.25) is 0 Å². The van der Waals surface area contributed by atoms with E-state index >= 15 is 0 Å². The van der Waals surface area contributed by atoms with Crippen LogP contribution in [0.25, 0.3) is 0 Å². The Balaban J connectivity index is 1.61. The predicted molar refractivity (Wildman–Crippen MR) is 153 cm³/mol. The zero-order chi connectivity index (χ0) is 28.9. The molecule has 0 spiro atoms. The van der Waals surface area contributed by atoms with Crippen molar-refractivity contribution in [3.63, 3.8) is 0 Å². The van der Waals surface area contributed by atoms with Crippen molar-refractivity contribution in [1.82, 2.24) is 0 Å². The molecule has 39 heavy (non-hydrogen) atoms. The fourth-order valence-corrected chi connectivity index (χ4v) is 10.0. The number of rotatable bonds is 10. The van der Waals surface area contributed by atoms with Crippen LogP contribution < -0.4 is 0 Å². The van der Waals surface area contributed by atoms with Gasteiger partial charge in [-0.2, -0.15) is 0 Å². The Morgan fingerprint density at radius 2 is 1.51 bits per heavy atom. The lowest BCUT2D eigenvalue weighted by Crippen LogP contribution is -2.46. The number of unbranched alkanes of at least 4 members (excludes halogenated alkanes) is 1. The quantitative estimate of drug-likeness (QED) is 0.206. The lowest BCUT2D eigenvalue weighted by Gasteiger charge is -2.51. The SMILES string of the molecule is CCCCC(C)(C)C1C(=O)OC(=O)C1CC1C2C[C@@H](C3CCC(C(=O)OC(C)(C)C)CC23)C1C(C)(C)CCC. The van der Waals surface area contributed by atoms with E-state index in [4.69, 9.17) is 9.47 Å². The van der Waals surface area contributed by atoms with Gasteiger partial charge < -0.3 is 9.47 Å². The van der Waals surface area contributed by atoms with Crippen LogP contribution in [-0.4, -0.2) is 23.5 Å². The Morgan fingerprint density at radius 1 is 0.821 bits per heavy atom. The second-order valence-electron chi connectivity index (χ2n) is 16.0. The Kier molecular flexibility index (Phi) is 8.72. The summed E-state index contributed by atoms with van der Waals surface area (Å²) < 4.78 is 11.2. The van der Waals surface area contributed by atoms with Crippen molar-refractivity contribution in [3.05, 3.63) is 0 Å². The molecule has 2 bridgehead atoms. The summed E-state index contributed by atoms with van der Waals surface area (Å²) in [5, 5.41) is 0. The lowest BCUT2D eigenvalue weighted by atomic mass is 9.53. The first-order chi connectivity index (χ1) is 18.1. The first-order valence-corrected chi connectivity index (χ1v) is 16.1. The monoisotopic (exact) mass is 544 g/mol. The van der Waals surface area contributed by atoms with Gasteiger partial charge >= 0.3 is 17.9 Å². The molecule has 5 nitrogen and oxygen atoms in total. The molecule has 5 heteroatoms. The van der Waals surface area contributed by atoms with Gasteiger partial charge in [-0.25, -0.2) is 0 Å². The van der Waals surface area contributed by atoms with Gasteiger partial charge in [0.25, 0.3) is 0 Å². The van der Waals surface area contributed by atoms with E-state index in [0.29, 0.717) is 35.5 Å². The minimum Gasteiger partial charge on any atom is -0.460 e. The van der Waals surface area contributed by atoms with Crippen molar-refractivity contribution in [3.8, 4) is 0 Å². The van der Waals surface area contributed by atoms with Crippen LogP contribution in [0.3, 0.4) is 0 Å². The zero-order valence-electron chi connectivity index (χ0n) is 26.3. The maximum absolute atomic E-state index is 13.2. The van der Waals surface area contributed by atoms with E-state index in [-0.39, 0.29) is 46.5 Å². The topological polar surface area (TPSA) is 69.7 Å². The van der Waals surface area contributed by atoms with Gasteiger partial charge in [-0.05, 0) is 112 Å². The summed E-state index contributed by atoms with van der Waals surface area (Å²) in [6.45, 7) is 19.5. The van der Waals surface area contributed by atoms with Crippen molar-refractivity contribution in [1.29, 1.82) is 0 Å². The van der Waals surface area contributed by atoms with Crippen molar-refractivity contribution in [2.75, 3.05) is 0 Å². The Bertz CT molecular complexity index is 926. The highest BCUT2D eigenvalue weighted by molar-refractivity contribution is 5.96. The molecule has 9 atom stereocenters. The van der Waals surface area contributed by atoms with E-state index in [1.807, 2.05) is 20.8 Å². The number of ether oxygens (including phenoxy) is 2. The first-order valence-electron chi connectivity index (χ1n) is 16.1. The Labute approximate surface area is 237 Å². The van der Waals surface area contributed by atoms with Gasteiger partial charge in [0.2, 0.25) is 0 Å². The van der Waals surface area contributed by atoms with Gasteiger partial charge in [-0.3, -0.25) is 14.4 Å². The highest BCUT2D eigenvalue weighted by Gasteiger charge is 2.63. The van der Waals surface area contributed by atoms with Crippen molar-refractivity contribution >= 4 is 17.9 Å². The van der Waals surface area contributed by atoms with Gasteiger partial charge in [0.1, 0.15) is 5.60 Å². The van der Waals surface area contributed by atoms with Crippen LogP contribution in [0.1, 0.15) is 127 Å². The van der Waals surface area contributed by atoms with E-state index in [9.17, 15) is 14.4 Å². The third-order valence-corrected chi connectivity index (χ3v) is 11.3. The van der Waals surface area contributed by atoms with Gasteiger partial charge in [-0.15, -0.1) is 0 Å². The number of cyclic esters (lactones) is 2. The molecule has 3 saturated carbocycles. The van der Waals surface area contributed by atoms with Gasteiger partial charge in [0, 0.05) is 0 Å². The van der Waals surface area contributed by atoms with Crippen LogP contribution in [-0.2, 0) is 23.9 Å². The number of fused-ring (bicyclic) bond motifs is 5. The average molecular weight is 545 g/mol. The van der Waals surface area contributed by atoms with Crippen LogP contribution in [0, 0.1) is 64.1 Å². The third-order valence-electron chi connectivity index (χ3n) is 11.3. The molecule has 4 aliphatic rings. The molecule has 0 aromatic carbocycles. The highest BCUT2D eigenvalue weighted by Crippen LogP contribution is 2.68. The number of hydrogen-bond donors (Lipinski definition) is 0. The lowest BCUT2D eigenvalue weighted by molar-refractivity contribution is -0.163. The second kappa shape index (κ2) is 11.1. The number of carbonyl (C=O) groups is 3. The largest absolute Gasteiger partial charge is 0.460 e. The zero-order valence-corrected chi connectivity index (χ0v) is 26.3. The maximum atomic E-state index is 13.2. The number of hydrogen-bond acceptors (Lipinski definition) is 5. The second-order valence-corrected chi connectivity index (χ2v) is 16.0. The number of carbonyl (C=O) groups excluding carboxylic acids is 3. The van der Waals surface area contributed by atoms with Crippen LogP contribution in [0.15, 0.2) is 0 Å². The van der Waals surface area contributed by atoms with E-state index < -0.39 is 5.60 Å². The van der Waals surface area contributed by atoms with Gasteiger partial charge in [-0.1, -0.05) is 60.8 Å². The Morgan fingerprint density at radius 3 is 2.13 bits per heavy atom. The standard InChI is InChI=1S/C34H56O5/c1-10-12-16-34(8,9)28-26(30(36)38-31(28)37)19-25-23-18-24(27(25)33(6,7)15-11-2)21-14-13-20(17-22(21)23)29(35)39-32(3,4)5/h20-28H,10-19H2,1-9H3/t20?,21?,22?,23?,24-,25?,26?,27?,28?/m0/s1. The molecule has 3 aliphatic carbocycles. The molecule has 0 radical (unpaired) electrons. The van der Waals surface area contributed by atoms with Crippen LogP contribution in [0.5, 0.6) is 0 Å². The van der Waals surface area contributed by atoms with Crippen molar-refractivity contribution in [2.24, 2.45) is 64.1 Å². The van der Waals surface area contributed by atoms with Crippen LogP contribution in [0.4, 0.5) is 0 Å². The van der Waals surface area contributed by atoms with E-state index in [1.54, 1.807) is 0 Å². The molecule has 0 aromatic heterocycles. The molecule has 0 amide bonds. The average Bonchev–Trinajstić information content (AvgIpc) is 3.46. The molecular formula is C34H56O5. The summed E-state index contributed by atoms with van der Waals surface area (Å²) >= 11 is 0. The molecule has 0 aromatic rings. The van der Waals surface area contributed by atoms with Crippen LogP contribution >= 0.6 is 0 Å². The summed E-state index contributed by atoms with van der Waals surface area (Å²) in [4.78, 5) is 39.4. The normalized spacial score (nSPS) is 36.7. The fraction of sp³-hybridized carbons (Fsp3) is 0.912.